The van der Waals surface area contributed by atoms with E-state index in [-0.39, 0.29) is 17.6 Å². The minimum absolute atomic E-state index is 0.0174. The van der Waals surface area contributed by atoms with Gasteiger partial charge in [-0.15, -0.1) is 0 Å². The number of hydrogen-bond acceptors (Lipinski definition) is 2. The maximum Gasteiger partial charge on any atom is 0.232 e. The van der Waals surface area contributed by atoms with Crippen LogP contribution in [-0.4, -0.2) is 11.0 Å². The first-order valence-electron chi connectivity index (χ1n) is 6.33. The molecule has 1 atom stereocenters. The van der Waals surface area contributed by atoms with Gasteiger partial charge in [0.15, 0.2) is 0 Å². The Morgan fingerprint density at radius 1 is 1.26 bits per heavy atom. The lowest BCUT2D eigenvalue weighted by atomic mass is 9.77. The minimum Gasteiger partial charge on any atom is -0.508 e. The summed E-state index contributed by atoms with van der Waals surface area (Å²) in [6.45, 7) is 1.81. The maximum absolute atomic E-state index is 12.2. The number of aryl methyl sites for hydroxylation is 1. The quantitative estimate of drug-likeness (QED) is 0.808. The molecule has 0 heterocycles. The lowest BCUT2D eigenvalue weighted by Crippen LogP contribution is -2.30. The molecule has 0 spiro atoms. The van der Waals surface area contributed by atoms with Crippen LogP contribution < -0.4 is 5.32 Å². The van der Waals surface area contributed by atoms with Gasteiger partial charge in [-0.3, -0.25) is 4.79 Å². The van der Waals surface area contributed by atoms with Crippen LogP contribution in [0.25, 0.3) is 0 Å². The van der Waals surface area contributed by atoms with E-state index in [0.29, 0.717) is 0 Å². The highest BCUT2D eigenvalue weighted by molar-refractivity contribution is 5.97. The van der Waals surface area contributed by atoms with Crippen LogP contribution in [0.4, 0.5) is 5.69 Å². The highest BCUT2D eigenvalue weighted by Gasteiger charge is 2.31. The zero-order valence-electron chi connectivity index (χ0n) is 10.7. The smallest absolute Gasteiger partial charge is 0.232 e. The van der Waals surface area contributed by atoms with E-state index in [1.165, 1.54) is 5.56 Å². The Labute approximate surface area is 111 Å². The molecule has 2 aromatic carbocycles. The van der Waals surface area contributed by atoms with E-state index in [0.717, 1.165) is 23.2 Å². The number of carbonyl (C=O) groups excluding carboxylic acids is 1. The molecule has 1 unspecified atom stereocenters. The second-order valence-corrected chi connectivity index (χ2v) is 4.95. The van der Waals surface area contributed by atoms with E-state index in [9.17, 15) is 9.90 Å². The summed E-state index contributed by atoms with van der Waals surface area (Å²) < 4.78 is 0. The van der Waals surface area contributed by atoms with Crippen LogP contribution in [-0.2, 0) is 11.2 Å². The zero-order valence-corrected chi connectivity index (χ0v) is 10.7. The fourth-order valence-corrected chi connectivity index (χ4v) is 2.46. The largest absolute Gasteiger partial charge is 0.508 e. The highest BCUT2D eigenvalue weighted by atomic mass is 16.3. The molecular weight excluding hydrogens is 238 g/mol. The predicted molar refractivity (Wildman–Crippen MR) is 74.4 cm³/mol. The van der Waals surface area contributed by atoms with Crippen LogP contribution in [0.1, 0.15) is 22.6 Å². The SMILES string of the molecule is Cc1cc(NC(=O)C2Cc3ccccc32)ccc1O. The van der Waals surface area contributed by atoms with Crippen molar-refractivity contribution < 1.29 is 9.90 Å². The molecule has 0 bridgehead atoms. The van der Waals surface area contributed by atoms with Crippen molar-refractivity contribution in [3.05, 3.63) is 59.2 Å². The molecule has 0 radical (unpaired) electrons. The molecule has 0 saturated heterocycles. The number of hydrogen-bond donors (Lipinski definition) is 2. The van der Waals surface area contributed by atoms with Crippen molar-refractivity contribution in [1.29, 1.82) is 0 Å². The molecule has 0 aliphatic heterocycles. The molecule has 3 nitrogen and oxygen atoms in total. The summed E-state index contributed by atoms with van der Waals surface area (Å²) >= 11 is 0. The summed E-state index contributed by atoms with van der Waals surface area (Å²) in [6.07, 6.45) is 0.805. The van der Waals surface area contributed by atoms with Gasteiger partial charge in [-0.25, -0.2) is 0 Å². The summed E-state index contributed by atoms with van der Waals surface area (Å²) in [4.78, 5) is 12.2. The molecule has 2 aromatic rings. The van der Waals surface area contributed by atoms with E-state index < -0.39 is 0 Å². The van der Waals surface area contributed by atoms with Crippen molar-refractivity contribution in [2.24, 2.45) is 0 Å². The fraction of sp³-hybridized carbons (Fsp3) is 0.188. The van der Waals surface area contributed by atoms with Gasteiger partial charge in [0.05, 0.1) is 5.92 Å². The third kappa shape index (κ3) is 2.08. The monoisotopic (exact) mass is 253 g/mol. The standard InChI is InChI=1S/C16H15NO2/c1-10-8-12(6-7-15(10)18)17-16(19)14-9-11-4-2-3-5-13(11)14/h2-8,14,18H,9H2,1H3,(H,17,19). The Morgan fingerprint density at radius 3 is 2.79 bits per heavy atom. The van der Waals surface area contributed by atoms with E-state index in [4.69, 9.17) is 0 Å². The predicted octanol–water partition coefficient (Wildman–Crippen LogP) is 2.98. The van der Waals surface area contributed by atoms with E-state index in [1.807, 2.05) is 25.1 Å². The van der Waals surface area contributed by atoms with Crippen molar-refractivity contribution in [2.45, 2.75) is 19.3 Å². The Hall–Kier alpha value is -2.29. The molecule has 1 aliphatic carbocycles. The van der Waals surface area contributed by atoms with Gasteiger partial charge >= 0.3 is 0 Å². The second kappa shape index (κ2) is 4.43. The number of phenolic OH excluding ortho intramolecular Hbond substituents is 1. The van der Waals surface area contributed by atoms with Crippen molar-refractivity contribution in [1.82, 2.24) is 0 Å². The molecular formula is C16H15NO2. The molecule has 3 heteroatoms. The molecule has 0 saturated carbocycles. The Kier molecular flexibility index (Phi) is 2.75. The Morgan fingerprint density at radius 2 is 2.05 bits per heavy atom. The van der Waals surface area contributed by atoms with Gasteiger partial charge in [0.25, 0.3) is 0 Å². The maximum atomic E-state index is 12.2. The van der Waals surface area contributed by atoms with Gasteiger partial charge in [0.1, 0.15) is 5.75 Å². The van der Waals surface area contributed by atoms with Crippen LogP contribution in [0, 0.1) is 6.92 Å². The number of fused-ring (bicyclic) bond motifs is 1. The molecule has 19 heavy (non-hydrogen) atoms. The number of rotatable bonds is 2. The molecule has 1 aliphatic rings. The lowest BCUT2D eigenvalue weighted by Gasteiger charge is -2.28. The number of aromatic hydroxyl groups is 1. The van der Waals surface area contributed by atoms with Gasteiger partial charge in [-0.1, -0.05) is 24.3 Å². The van der Waals surface area contributed by atoms with Crippen LogP contribution in [0.3, 0.4) is 0 Å². The first kappa shape index (κ1) is 11.8. The third-order valence-corrected chi connectivity index (χ3v) is 3.64. The normalized spacial score (nSPS) is 16.4. The van der Waals surface area contributed by atoms with Gasteiger partial charge in [-0.2, -0.15) is 0 Å². The van der Waals surface area contributed by atoms with E-state index in [1.54, 1.807) is 18.2 Å². The second-order valence-electron chi connectivity index (χ2n) is 4.95. The number of amides is 1. The van der Waals surface area contributed by atoms with E-state index >= 15 is 0 Å². The number of benzene rings is 2. The van der Waals surface area contributed by atoms with E-state index in [2.05, 4.69) is 11.4 Å². The summed E-state index contributed by atoms with van der Waals surface area (Å²) in [7, 11) is 0. The summed E-state index contributed by atoms with van der Waals surface area (Å²) in [5.74, 6) is 0.209. The van der Waals surface area contributed by atoms with Crippen molar-refractivity contribution in [3.8, 4) is 5.75 Å². The topological polar surface area (TPSA) is 49.3 Å². The minimum atomic E-state index is -0.0506. The number of anilines is 1. The molecule has 3 rings (SSSR count). The Balaban J connectivity index is 1.75. The fourth-order valence-electron chi connectivity index (χ4n) is 2.46. The molecule has 96 valence electrons. The summed E-state index contributed by atoms with van der Waals surface area (Å²) in [5, 5.41) is 12.4. The summed E-state index contributed by atoms with van der Waals surface area (Å²) in [6, 6.07) is 13.1. The Bertz CT molecular complexity index is 649. The number of phenols is 1. The van der Waals surface area contributed by atoms with Gasteiger partial charge in [0.2, 0.25) is 5.91 Å². The average molecular weight is 253 g/mol. The van der Waals surface area contributed by atoms with Gasteiger partial charge in [-0.05, 0) is 48.2 Å². The van der Waals surface area contributed by atoms with Crippen molar-refractivity contribution in [3.63, 3.8) is 0 Å². The first-order valence-corrected chi connectivity index (χ1v) is 6.33. The molecule has 2 N–H and O–H groups in total. The van der Waals surface area contributed by atoms with Crippen molar-refractivity contribution >= 4 is 11.6 Å². The zero-order chi connectivity index (χ0) is 13.4. The molecule has 0 fully saturated rings. The lowest BCUT2D eigenvalue weighted by molar-refractivity contribution is -0.118. The average Bonchev–Trinajstić information content (AvgIpc) is 2.35. The van der Waals surface area contributed by atoms with Crippen molar-refractivity contribution in [2.75, 3.05) is 5.32 Å². The number of nitrogens with one attached hydrogen (secondary N) is 1. The van der Waals surface area contributed by atoms with Gasteiger partial charge < -0.3 is 10.4 Å². The van der Waals surface area contributed by atoms with Crippen LogP contribution >= 0.6 is 0 Å². The molecule has 0 aromatic heterocycles. The van der Waals surface area contributed by atoms with Crippen LogP contribution in [0.2, 0.25) is 0 Å². The van der Waals surface area contributed by atoms with Gasteiger partial charge in [0, 0.05) is 5.69 Å². The third-order valence-electron chi connectivity index (χ3n) is 3.64. The summed E-state index contributed by atoms with van der Waals surface area (Å²) in [5.41, 5.74) is 3.86. The number of carbonyl (C=O) groups is 1. The van der Waals surface area contributed by atoms with Crippen LogP contribution in [0.5, 0.6) is 5.75 Å². The first-order chi connectivity index (χ1) is 9.15. The highest BCUT2D eigenvalue weighted by Crippen LogP contribution is 2.35. The van der Waals surface area contributed by atoms with Crippen LogP contribution in [0.15, 0.2) is 42.5 Å². The molecule has 1 amide bonds.